The van der Waals surface area contributed by atoms with Crippen molar-refractivity contribution < 1.29 is 24.4 Å². The quantitative estimate of drug-likeness (QED) is 0.461. The van der Waals surface area contributed by atoms with E-state index in [1.807, 2.05) is 30.3 Å². The van der Waals surface area contributed by atoms with Crippen LogP contribution >= 0.6 is 11.8 Å². The summed E-state index contributed by atoms with van der Waals surface area (Å²) in [7, 11) is 0. The molecule has 9 heteroatoms. The summed E-state index contributed by atoms with van der Waals surface area (Å²) in [5.41, 5.74) is 9.19. The molecule has 2 heterocycles. The average molecular weight is 401 g/mol. The van der Waals surface area contributed by atoms with E-state index in [2.05, 4.69) is 10.0 Å². The first-order chi connectivity index (χ1) is 13.7. The third-order valence-electron chi connectivity index (χ3n) is 4.68. The third-order valence-corrected chi connectivity index (χ3v) is 5.85. The molecule has 0 aromatic heterocycles. The van der Waals surface area contributed by atoms with E-state index in [0.29, 0.717) is 0 Å². The maximum absolute atomic E-state index is 10.9. The minimum absolute atomic E-state index is 0.154. The normalized spacial score (nSPS) is 32.2. The molecule has 2 fully saturated rings. The molecule has 0 aliphatic carbocycles. The summed E-state index contributed by atoms with van der Waals surface area (Å²) < 4.78 is 17.8. The number of ether oxygens (including phenoxy) is 3. The third kappa shape index (κ3) is 3.95. The number of nitrogens with zero attached hydrogens (tertiary/aromatic N) is 3. The fourth-order valence-corrected chi connectivity index (χ4v) is 4.41. The maximum Gasteiger partial charge on any atom is 0.184 e. The van der Waals surface area contributed by atoms with E-state index in [0.717, 1.165) is 10.5 Å². The first kappa shape index (κ1) is 19.1. The van der Waals surface area contributed by atoms with Crippen LogP contribution in [-0.4, -0.2) is 46.6 Å². The summed E-state index contributed by atoms with van der Waals surface area (Å²) in [5.74, 6) is 0.154. The molecule has 2 N–H and O–H groups in total. The van der Waals surface area contributed by atoms with Gasteiger partial charge in [-0.05, 0) is 29.8 Å². The van der Waals surface area contributed by atoms with Gasteiger partial charge in [0, 0.05) is 15.4 Å². The molecule has 2 aromatic carbocycles. The Balaban J connectivity index is 1.52. The van der Waals surface area contributed by atoms with Gasteiger partial charge in [0.15, 0.2) is 6.29 Å². The van der Waals surface area contributed by atoms with Crippen LogP contribution in [0.4, 0.5) is 0 Å². The summed E-state index contributed by atoms with van der Waals surface area (Å²) in [6, 6.07) is 15.2. The SMILES string of the molecule is [N-]=[N+]=N[C@H]1C(Sc2ccc(O)cc2)O[C@@H]2COC(c3ccccc3)O[C@H]2[C@@H]1O. The molecule has 146 valence electrons. The zero-order valence-corrected chi connectivity index (χ0v) is 15.6. The minimum Gasteiger partial charge on any atom is -0.508 e. The number of hydrogen-bond acceptors (Lipinski definition) is 7. The van der Waals surface area contributed by atoms with Crippen LogP contribution in [0.5, 0.6) is 5.75 Å². The number of hydrogen-bond donors (Lipinski definition) is 2. The van der Waals surface area contributed by atoms with Gasteiger partial charge in [0.25, 0.3) is 0 Å². The van der Waals surface area contributed by atoms with Crippen LogP contribution in [0.3, 0.4) is 0 Å². The molecule has 0 amide bonds. The van der Waals surface area contributed by atoms with Crippen LogP contribution in [0.25, 0.3) is 10.4 Å². The monoisotopic (exact) mass is 401 g/mol. The van der Waals surface area contributed by atoms with E-state index in [1.165, 1.54) is 11.8 Å². The van der Waals surface area contributed by atoms with Gasteiger partial charge in [-0.1, -0.05) is 47.2 Å². The Morgan fingerprint density at radius 3 is 2.54 bits per heavy atom. The van der Waals surface area contributed by atoms with Crippen molar-refractivity contribution in [3.05, 3.63) is 70.6 Å². The zero-order chi connectivity index (χ0) is 19.5. The fourth-order valence-electron chi connectivity index (χ4n) is 3.30. The lowest BCUT2D eigenvalue weighted by Gasteiger charge is -2.46. The number of aliphatic hydroxyl groups is 1. The average Bonchev–Trinajstić information content (AvgIpc) is 2.73. The van der Waals surface area contributed by atoms with E-state index >= 15 is 0 Å². The lowest BCUT2D eigenvalue weighted by Crippen LogP contribution is -2.60. The van der Waals surface area contributed by atoms with Crippen molar-refractivity contribution in [3.8, 4) is 5.75 Å². The van der Waals surface area contributed by atoms with Crippen LogP contribution in [-0.2, 0) is 14.2 Å². The minimum atomic E-state index is -1.04. The van der Waals surface area contributed by atoms with Crippen molar-refractivity contribution >= 4 is 11.8 Å². The van der Waals surface area contributed by atoms with Gasteiger partial charge in [-0.25, -0.2) is 0 Å². The Morgan fingerprint density at radius 2 is 1.82 bits per heavy atom. The predicted octanol–water partition coefficient (Wildman–Crippen LogP) is 3.36. The van der Waals surface area contributed by atoms with Crippen molar-refractivity contribution in [3.63, 3.8) is 0 Å². The van der Waals surface area contributed by atoms with E-state index < -0.39 is 36.1 Å². The summed E-state index contributed by atoms with van der Waals surface area (Å²) >= 11 is 1.31. The van der Waals surface area contributed by atoms with E-state index in [1.54, 1.807) is 24.3 Å². The Morgan fingerprint density at radius 1 is 1.07 bits per heavy atom. The predicted molar refractivity (Wildman–Crippen MR) is 102 cm³/mol. The van der Waals surface area contributed by atoms with E-state index in [9.17, 15) is 10.2 Å². The molecule has 0 saturated carbocycles. The number of phenols is 1. The number of aromatic hydroxyl groups is 1. The second-order valence-electron chi connectivity index (χ2n) is 6.52. The van der Waals surface area contributed by atoms with Gasteiger partial charge in [-0.3, -0.25) is 0 Å². The molecular formula is C19H19N3O5S. The summed E-state index contributed by atoms with van der Waals surface area (Å²) in [4.78, 5) is 3.69. The highest BCUT2D eigenvalue weighted by Crippen LogP contribution is 2.40. The van der Waals surface area contributed by atoms with Crippen molar-refractivity contribution in [2.75, 3.05) is 6.61 Å². The number of azide groups is 1. The molecular weight excluding hydrogens is 382 g/mol. The second kappa shape index (κ2) is 8.40. The second-order valence-corrected chi connectivity index (χ2v) is 7.69. The molecule has 28 heavy (non-hydrogen) atoms. The molecule has 0 bridgehead atoms. The number of aliphatic hydroxyl groups excluding tert-OH is 1. The van der Waals surface area contributed by atoms with Crippen LogP contribution < -0.4 is 0 Å². The van der Waals surface area contributed by atoms with Crippen LogP contribution in [0.15, 0.2) is 64.6 Å². The highest BCUT2D eigenvalue weighted by atomic mass is 32.2. The van der Waals surface area contributed by atoms with E-state index in [-0.39, 0.29) is 12.4 Å². The zero-order valence-electron chi connectivity index (χ0n) is 14.7. The van der Waals surface area contributed by atoms with Crippen molar-refractivity contribution in [1.82, 2.24) is 0 Å². The number of benzene rings is 2. The number of phenolic OH excluding ortho intramolecular Hbond substituents is 1. The largest absolute Gasteiger partial charge is 0.508 e. The molecule has 8 nitrogen and oxygen atoms in total. The molecule has 4 rings (SSSR count). The van der Waals surface area contributed by atoms with E-state index in [4.69, 9.17) is 19.7 Å². The lowest BCUT2D eigenvalue weighted by molar-refractivity contribution is -0.305. The summed E-state index contributed by atoms with van der Waals surface area (Å²) in [6.07, 6.45) is -2.83. The Hall–Kier alpha value is -2.26. The molecule has 2 aliphatic heterocycles. The summed E-state index contributed by atoms with van der Waals surface area (Å²) in [5, 5.41) is 24.1. The molecule has 2 aromatic rings. The summed E-state index contributed by atoms with van der Waals surface area (Å²) in [6.45, 7) is 0.247. The Bertz CT molecular complexity index is 846. The molecule has 2 unspecified atom stereocenters. The van der Waals surface area contributed by atoms with Gasteiger partial charge in [0.2, 0.25) is 0 Å². The lowest BCUT2D eigenvalue weighted by atomic mass is 9.97. The van der Waals surface area contributed by atoms with Gasteiger partial charge in [0.1, 0.15) is 29.4 Å². The van der Waals surface area contributed by atoms with Crippen molar-refractivity contribution in [2.45, 2.75) is 41.0 Å². The van der Waals surface area contributed by atoms with Crippen LogP contribution in [0, 0.1) is 0 Å². The number of fused-ring (bicyclic) bond motifs is 1. The van der Waals surface area contributed by atoms with Gasteiger partial charge >= 0.3 is 0 Å². The van der Waals surface area contributed by atoms with Gasteiger partial charge in [-0.2, -0.15) is 0 Å². The Labute approximate surface area is 165 Å². The van der Waals surface area contributed by atoms with Gasteiger partial charge in [-0.15, -0.1) is 0 Å². The smallest absolute Gasteiger partial charge is 0.184 e. The molecule has 6 atom stereocenters. The van der Waals surface area contributed by atoms with Gasteiger partial charge < -0.3 is 24.4 Å². The first-order valence-electron chi connectivity index (χ1n) is 8.81. The maximum atomic E-state index is 10.9. The topological polar surface area (TPSA) is 117 Å². The molecule has 0 radical (unpaired) electrons. The van der Waals surface area contributed by atoms with Crippen molar-refractivity contribution in [2.24, 2.45) is 5.11 Å². The highest BCUT2D eigenvalue weighted by Gasteiger charge is 2.49. The van der Waals surface area contributed by atoms with Gasteiger partial charge in [0.05, 0.1) is 12.7 Å². The standard InChI is InChI=1S/C19H19N3O5S/c20-22-21-15-16(24)17-14(10-25-18(27-17)11-4-2-1-3-5-11)26-19(15)28-13-8-6-12(23)7-9-13/h1-9,14-19,23-24H,10H2/t14-,15-,16-,17-,18?,19?/m1/s1. The van der Waals surface area contributed by atoms with Crippen LogP contribution in [0.2, 0.25) is 0 Å². The first-order valence-corrected chi connectivity index (χ1v) is 9.69. The number of rotatable bonds is 4. The molecule has 0 spiro atoms. The molecule has 2 aliphatic rings. The van der Waals surface area contributed by atoms with Crippen molar-refractivity contribution in [1.29, 1.82) is 0 Å². The molecule has 2 saturated heterocycles. The number of thioether (sulfide) groups is 1. The fraction of sp³-hybridized carbons (Fsp3) is 0.368. The highest BCUT2D eigenvalue weighted by molar-refractivity contribution is 7.99. The van der Waals surface area contributed by atoms with Crippen LogP contribution in [0.1, 0.15) is 11.9 Å². The Kier molecular flexibility index (Phi) is 5.72.